The fraction of sp³-hybridized carbons (Fsp3) is 0.250. The van der Waals surface area contributed by atoms with E-state index in [-0.39, 0.29) is 5.41 Å². The van der Waals surface area contributed by atoms with E-state index in [2.05, 4.69) is 73.7 Å². The summed E-state index contributed by atoms with van der Waals surface area (Å²) in [7, 11) is 0. The van der Waals surface area contributed by atoms with E-state index < -0.39 is 0 Å². The lowest BCUT2D eigenvalue weighted by atomic mass is 9.76. The average molecular weight is 310 g/mol. The zero-order chi connectivity index (χ0) is 16.1. The molecule has 1 spiro atoms. The fourth-order valence-electron chi connectivity index (χ4n) is 4.98. The van der Waals surface area contributed by atoms with Gasteiger partial charge in [0.05, 0.1) is 0 Å². The van der Waals surface area contributed by atoms with Crippen LogP contribution in [0, 0.1) is 6.92 Å². The summed E-state index contributed by atoms with van der Waals surface area (Å²) in [6.07, 6.45) is 5.30. The molecule has 0 unspecified atom stereocenters. The lowest BCUT2D eigenvalue weighted by molar-refractivity contribution is 0.550. The molecule has 0 nitrogen and oxygen atoms in total. The number of fused-ring (bicyclic) bond motifs is 5. The van der Waals surface area contributed by atoms with Crippen molar-refractivity contribution in [3.63, 3.8) is 0 Å². The number of hydrogen-bond donors (Lipinski definition) is 0. The topological polar surface area (TPSA) is 0 Å². The molecule has 0 aliphatic heterocycles. The maximum atomic E-state index is 2.48. The zero-order valence-electron chi connectivity index (χ0n) is 14.2. The molecule has 1 saturated carbocycles. The van der Waals surface area contributed by atoms with Crippen LogP contribution in [0.15, 0.2) is 66.7 Å². The van der Waals surface area contributed by atoms with E-state index in [0.29, 0.717) is 0 Å². The van der Waals surface area contributed by atoms with Gasteiger partial charge in [-0.05, 0) is 59.2 Å². The Balaban J connectivity index is 1.74. The summed E-state index contributed by atoms with van der Waals surface area (Å²) in [4.78, 5) is 0. The first kappa shape index (κ1) is 14.0. The van der Waals surface area contributed by atoms with Gasteiger partial charge in [0.15, 0.2) is 0 Å². The second-order valence-corrected chi connectivity index (χ2v) is 7.46. The van der Waals surface area contributed by atoms with Crippen molar-refractivity contribution in [2.24, 2.45) is 0 Å². The Morgan fingerprint density at radius 1 is 0.667 bits per heavy atom. The molecule has 118 valence electrons. The molecule has 3 aromatic carbocycles. The molecule has 0 heterocycles. The normalized spacial score (nSPS) is 17.0. The standard InChI is InChI=1S/C24H22/c1-17-7-6-8-18(15-17)19-11-12-21-20-9-2-3-10-22(20)24(23(21)16-19)13-4-5-14-24/h2-3,6-12,15-16H,4-5,13-14H2,1H3. The van der Waals surface area contributed by atoms with Crippen molar-refractivity contribution in [1.82, 2.24) is 0 Å². The quantitative estimate of drug-likeness (QED) is 0.481. The second kappa shape index (κ2) is 5.08. The van der Waals surface area contributed by atoms with Gasteiger partial charge >= 0.3 is 0 Å². The first-order valence-electron chi connectivity index (χ1n) is 9.09. The van der Waals surface area contributed by atoms with Gasteiger partial charge in [0.2, 0.25) is 0 Å². The molecule has 0 radical (unpaired) electrons. The van der Waals surface area contributed by atoms with Gasteiger partial charge in [-0.1, -0.05) is 79.1 Å². The van der Waals surface area contributed by atoms with Crippen LogP contribution in [0.5, 0.6) is 0 Å². The zero-order valence-corrected chi connectivity index (χ0v) is 14.2. The molecule has 2 aliphatic carbocycles. The Morgan fingerprint density at radius 3 is 2.25 bits per heavy atom. The molecule has 0 atom stereocenters. The molecular formula is C24H22. The number of aryl methyl sites for hydroxylation is 1. The van der Waals surface area contributed by atoms with Crippen molar-refractivity contribution in [2.75, 3.05) is 0 Å². The van der Waals surface area contributed by atoms with E-state index in [9.17, 15) is 0 Å². The molecule has 0 bridgehead atoms. The molecule has 0 amide bonds. The Bertz CT molecular complexity index is 926. The van der Waals surface area contributed by atoms with Crippen molar-refractivity contribution in [2.45, 2.75) is 38.0 Å². The Kier molecular flexibility index (Phi) is 2.97. The molecule has 1 fully saturated rings. The fourth-order valence-corrected chi connectivity index (χ4v) is 4.98. The van der Waals surface area contributed by atoms with Gasteiger partial charge in [0.25, 0.3) is 0 Å². The van der Waals surface area contributed by atoms with E-state index >= 15 is 0 Å². The van der Waals surface area contributed by atoms with Gasteiger partial charge in [0, 0.05) is 5.41 Å². The van der Waals surface area contributed by atoms with Crippen LogP contribution < -0.4 is 0 Å². The van der Waals surface area contributed by atoms with Crippen molar-refractivity contribution < 1.29 is 0 Å². The molecule has 0 saturated heterocycles. The second-order valence-electron chi connectivity index (χ2n) is 7.46. The van der Waals surface area contributed by atoms with Crippen LogP contribution in [0.3, 0.4) is 0 Å². The van der Waals surface area contributed by atoms with Gasteiger partial charge in [-0.15, -0.1) is 0 Å². The number of rotatable bonds is 1. The molecule has 2 aliphatic rings. The summed E-state index contributed by atoms with van der Waals surface area (Å²) >= 11 is 0. The maximum absolute atomic E-state index is 2.48. The summed E-state index contributed by atoms with van der Waals surface area (Å²) in [6.45, 7) is 2.17. The van der Waals surface area contributed by atoms with Crippen molar-refractivity contribution in [3.8, 4) is 22.3 Å². The first-order valence-corrected chi connectivity index (χ1v) is 9.09. The largest absolute Gasteiger partial charge is 0.0619 e. The predicted molar refractivity (Wildman–Crippen MR) is 101 cm³/mol. The van der Waals surface area contributed by atoms with Crippen molar-refractivity contribution in [1.29, 1.82) is 0 Å². The van der Waals surface area contributed by atoms with Gasteiger partial charge in [-0.3, -0.25) is 0 Å². The van der Waals surface area contributed by atoms with Crippen molar-refractivity contribution >= 4 is 0 Å². The molecule has 0 aromatic heterocycles. The molecule has 0 heteroatoms. The minimum atomic E-state index is 0.270. The molecule has 5 rings (SSSR count). The minimum Gasteiger partial charge on any atom is -0.0619 e. The Hall–Kier alpha value is -2.34. The maximum Gasteiger partial charge on any atom is 0.0215 e. The third kappa shape index (κ3) is 1.86. The smallest absolute Gasteiger partial charge is 0.0215 e. The number of hydrogen-bond acceptors (Lipinski definition) is 0. The summed E-state index contributed by atoms with van der Waals surface area (Å²) < 4.78 is 0. The first-order chi connectivity index (χ1) is 11.8. The van der Waals surface area contributed by atoms with E-state index in [1.165, 1.54) is 53.5 Å². The lowest BCUT2D eigenvalue weighted by Gasteiger charge is -2.27. The SMILES string of the molecule is Cc1cccc(-c2ccc3c(c2)C2(CCCC2)c2ccccc2-3)c1. The van der Waals surface area contributed by atoms with Crippen LogP contribution in [-0.2, 0) is 5.41 Å². The highest BCUT2D eigenvalue weighted by Gasteiger charge is 2.44. The van der Waals surface area contributed by atoms with Gasteiger partial charge in [-0.2, -0.15) is 0 Å². The lowest BCUT2D eigenvalue weighted by Crippen LogP contribution is -2.20. The molecule has 3 aromatic rings. The predicted octanol–water partition coefficient (Wildman–Crippen LogP) is 6.50. The van der Waals surface area contributed by atoms with Crippen LogP contribution in [0.1, 0.15) is 42.4 Å². The van der Waals surface area contributed by atoms with Crippen LogP contribution in [0.4, 0.5) is 0 Å². The summed E-state index contributed by atoms with van der Waals surface area (Å²) in [5.41, 5.74) is 10.4. The molecule has 24 heavy (non-hydrogen) atoms. The highest BCUT2D eigenvalue weighted by molar-refractivity contribution is 5.84. The number of benzene rings is 3. The summed E-state index contributed by atoms with van der Waals surface area (Å²) in [5, 5.41) is 0. The van der Waals surface area contributed by atoms with Crippen molar-refractivity contribution in [3.05, 3.63) is 83.4 Å². The van der Waals surface area contributed by atoms with Crippen LogP contribution >= 0.6 is 0 Å². The monoisotopic (exact) mass is 310 g/mol. The van der Waals surface area contributed by atoms with Gasteiger partial charge in [-0.25, -0.2) is 0 Å². The summed E-state index contributed by atoms with van der Waals surface area (Å²) in [6, 6.07) is 25.1. The Morgan fingerprint density at radius 2 is 1.42 bits per heavy atom. The third-order valence-corrected chi connectivity index (χ3v) is 6.08. The van der Waals surface area contributed by atoms with Gasteiger partial charge in [0.1, 0.15) is 0 Å². The van der Waals surface area contributed by atoms with Crippen LogP contribution in [0.2, 0.25) is 0 Å². The highest BCUT2D eigenvalue weighted by Crippen LogP contribution is 2.57. The highest BCUT2D eigenvalue weighted by atomic mass is 14.5. The summed E-state index contributed by atoms with van der Waals surface area (Å²) in [5.74, 6) is 0. The van der Waals surface area contributed by atoms with E-state index in [0.717, 1.165) is 0 Å². The van der Waals surface area contributed by atoms with E-state index in [4.69, 9.17) is 0 Å². The van der Waals surface area contributed by atoms with E-state index in [1.807, 2.05) is 0 Å². The third-order valence-electron chi connectivity index (χ3n) is 6.08. The van der Waals surface area contributed by atoms with Gasteiger partial charge < -0.3 is 0 Å². The molecular weight excluding hydrogens is 288 g/mol. The average Bonchev–Trinajstić information content (AvgIpc) is 3.21. The Labute approximate surface area is 144 Å². The van der Waals surface area contributed by atoms with Crippen LogP contribution in [0.25, 0.3) is 22.3 Å². The molecule has 0 N–H and O–H groups in total. The minimum absolute atomic E-state index is 0.270. The van der Waals surface area contributed by atoms with E-state index in [1.54, 1.807) is 11.1 Å². The van der Waals surface area contributed by atoms with Crippen LogP contribution in [-0.4, -0.2) is 0 Å².